The quantitative estimate of drug-likeness (QED) is 0.661. The van der Waals surface area contributed by atoms with Crippen LogP contribution in [0.15, 0.2) is 41.3 Å². The summed E-state index contributed by atoms with van der Waals surface area (Å²) >= 11 is 0. The molecule has 0 aliphatic carbocycles. The molecule has 0 aliphatic heterocycles. The normalized spacial score (nSPS) is 10.9. The van der Waals surface area contributed by atoms with E-state index in [1.807, 2.05) is 6.07 Å². The van der Waals surface area contributed by atoms with Crippen LogP contribution in [0.4, 0.5) is 0 Å². The molecule has 0 atom stereocenters. The topological polar surface area (TPSA) is 82.7 Å². The van der Waals surface area contributed by atoms with Crippen LogP contribution >= 0.6 is 0 Å². The number of hydrogen-bond acceptors (Lipinski definition) is 5. The molecule has 0 bridgehead atoms. The fraction of sp³-hybridized carbons (Fsp3) is 0.214. The summed E-state index contributed by atoms with van der Waals surface area (Å²) in [5.74, 6) is -0.0319. The molecule has 0 N–H and O–H groups in total. The number of nitrogens with zero attached hydrogens (tertiary/aromatic N) is 5. The van der Waals surface area contributed by atoms with Crippen molar-refractivity contribution in [1.82, 2.24) is 24.8 Å². The van der Waals surface area contributed by atoms with Crippen LogP contribution in [0, 0.1) is 0 Å². The van der Waals surface area contributed by atoms with Gasteiger partial charge in [0.15, 0.2) is 11.4 Å². The third-order valence-electron chi connectivity index (χ3n) is 3.27. The lowest BCUT2D eigenvalue weighted by atomic mass is 10.1. The first kappa shape index (κ1) is 13.2. The Hall–Kier alpha value is -2.83. The molecule has 106 valence electrons. The summed E-state index contributed by atoms with van der Waals surface area (Å²) in [4.78, 5) is 24.2. The lowest BCUT2D eigenvalue weighted by molar-refractivity contribution is 0.0975. The molecule has 0 spiro atoms. The Morgan fingerprint density at radius 2 is 2.00 bits per heavy atom. The number of rotatable bonds is 4. The highest BCUT2D eigenvalue weighted by atomic mass is 16.1. The van der Waals surface area contributed by atoms with Crippen molar-refractivity contribution in [2.24, 2.45) is 7.05 Å². The largest absolute Gasteiger partial charge is 0.294 e. The number of fused-ring (bicyclic) bond motifs is 1. The molecule has 3 rings (SSSR count). The number of carbonyl (C=O) groups excluding carboxylic acids is 1. The van der Waals surface area contributed by atoms with E-state index in [9.17, 15) is 9.59 Å². The summed E-state index contributed by atoms with van der Waals surface area (Å²) in [7, 11) is 1.69. The van der Waals surface area contributed by atoms with Crippen molar-refractivity contribution < 1.29 is 4.79 Å². The Balaban J connectivity index is 1.81. The molecule has 2 heterocycles. The zero-order chi connectivity index (χ0) is 14.8. The Kier molecular flexibility index (Phi) is 3.31. The number of carbonyl (C=O) groups is 1. The zero-order valence-corrected chi connectivity index (χ0v) is 11.4. The van der Waals surface area contributed by atoms with Crippen LogP contribution in [-0.4, -0.2) is 30.6 Å². The maximum absolute atomic E-state index is 12.2. The van der Waals surface area contributed by atoms with Gasteiger partial charge >= 0.3 is 0 Å². The van der Waals surface area contributed by atoms with Gasteiger partial charge < -0.3 is 0 Å². The van der Waals surface area contributed by atoms with Gasteiger partial charge in [-0.1, -0.05) is 35.5 Å². The molecule has 0 aliphatic rings. The molecular formula is C14H13N5O2. The first-order valence-electron chi connectivity index (χ1n) is 6.50. The zero-order valence-electron chi connectivity index (χ0n) is 11.4. The van der Waals surface area contributed by atoms with Gasteiger partial charge in [-0.3, -0.25) is 9.59 Å². The van der Waals surface area contributed by atoms with E-state index in [-0.39, 0.29) is 24.3 Å². The van der Waals surface area contributed by atoms with E-state index in [1.54, 1.807) is 31.3 Å². The Morgan fingerprint density at radius 3 is 2.76 bits per heavy atom. The van der Waals surface area contributed by atoms with Crippen molar-refractivity contribution in [3.63, 3.8) is 0 Å². The van der Waals surface area contributed by atoms with Crippen molar-refractivity contribution in [1.29, 1.82) is 0 Å². The second-order valence-corrected chi connectivity index (χ2v) is 4.66. The minimum absolute atomic E-state index is 0.0319. The van der Waals surface area contributed by atoms with Crippen molar-refractivity contribution in [2.75, 3.05) is 0 Å². The van der Waals surface area contributed by atoms with E-state index in [0.717, 1.165) is 0 Å². The smallest absolute Gasteiger partial charge is 0.280 e. The molecule has 2 aromatic heterocycles. The van der Waals surface area contributed by atoms with Crippen LogP contribution in [0.1, 0.15) is 16.8 Å². The highest BCUT2D eigenvalue weighted by molar-refractivity contribution is 5.95. The van der Waals surface area contributed by atoms with E-state index in [4.69, 9.17) is 0 Å². The van der Waals surface area contributed by atoms with Crippen LogP contribution in [0.3, 0.4) is 0 Å². The van der Waals surface area contributed by atoms with Crippen LogP contribution < -0.4 is 5.56 Å². The van der Waals surface area contributed by atoms with Crippen molar-refractivity contribution in [3.05, 3.63) is 52.4 Å². The van der Waals surface area contributed by atoms with Crippen molar-refractivity contribution in [3.8, 4) is 0 Å². The summed E-state index contributed by atoms with van der Waals surface area (Å²) in [5.41, 5.74) is 0.778. The SMILES string of the molecule is Cn1ncc2c(=O)n(CCC(=O)c3ccccc3)nnc21. The van der Waals surface area contributed by atoms with Gasteiger partial charge in [0, 0.05) is 19.0 Å². The van der Waals surface area contributed by atoms with Gasteiger partial charge in [0.1, 0.15) is 5.39 Å². The van der Waals surface area contributed by atoms with Gasteiger partial charge in [-0.05, 0) is 0 Å². The Bertz CT molecular complexity index is 851. The van der Waals surface area contributed by atoms with Crippen molar-refractivity contribution >= 4 is 16.8 Å². The Labute approximate surface area is 119 Å². The van der Waals surface area contributed by atoms with Gasteiger partial charge in [-0.25, -0.2) is 9.36 Å². The van der Waals surface area contributed by atoms with E-state index in [0.29, 0.717) is 16.6 Å². The van der Waals surface area contributed by atoms with E-state index >= 15 is 0 Å². The third-order valence-corrected chi connectivity index (χ3v) is 3.27. The number of ketones is 1. The predicted octanol–water partition coefficient (Wildman–Crippen LogP) is 0.798. The highest BCUT2D eigenvalue weighted by Crippen LogP contribution is 2.05. The molecule has 0 saturated heterocycles. The van der Waals surface area contributed by atoms with Crippen LogP contribution in [0.2, 0.25) is 0 Å². The molecule has 7 heteroatoms. The maximum atomic E-state index is 12.2. The minimum Gasteiger partial charge on any atom is -0.294 e. The van der Waals surface area contributed by atoms with Crippen LogP contribution in [0.25, 0.3) is 11.0 Å². The molecule has 0 radical (unpaired) electrons. The average molecular weight is 283 g/mol. The van der Waals surface area contributed by atoms with Crippen LogP contribution in [-0.2, 0) is 13.6 Å². The van der Waals surface area contributed by atoms with Gasteiger partial charge in [0.05, 0.1) is 12.7 Å². The van der Waals surface area contributed by atoms with E-state index in [2.05, 4.69) is 15.4 Å². The molecule has 0 unspecified atom stereocenters. The molecule has 1 aromatic carbocycles. The number of hydrogen-bond donors (Lipinski definition) is 0. The van der Waals surface area contributed by atoms with Gasteiger partial charge in [0.25, 0.3) is 5.56 Å². The highest BCUT2D eigenvalue weighted by Gasteiger charge is 2.11. The molecule has 0 fully saturated rings. The fourth-order valence-electron chi connectivity index (χ4n) is 2.10. The van der Waals surface area contributed by atoms with Gasteiger partial charge in [-0.2, -0.15) is 5.10 Å². The average Bonchev–Trinajstić information content (AvgIpc) is 2.89. The maximum Gasteiger partial charge on any atom is 0.280 e. The fourth-order valence-corrected chi connectivity index (χ4v) is 2.10. The summed E-state index contributed by atoms with van der Waals surface area (Å²) in [6.07, 6.45) is 1.66. The van der Waals surface area contributed by atoms with Crippen molar-refractivity contribution in [2.45, 2.75) is 13.0 Å². The molecular weight excluding hydrogens is 270 g/mol. The standard InChI is InChI=1S/C14H13N5O2/c1-18-13-11(9-15-18)14(21)19(17-16-13)8-7-12(20)10-5-3-2-4-6-10/h2-6,9H,7-8H2,1H3. The Morgan fingerprint density at radius 1 is 1.24 bits per heavy atom. The first-order chi connectivity index (χ1) is 10.2. The summed E-state index contributed by atoms with van der Waals surface area (Å²) < 4.78 is 2.69. The number of aryl methyl sites for hydroxylation is 2. The molecule has 3 aromatic rings. The second kappa shape index (κ2) is 5.28. The molecule has 0 amide bonds. The second-order valence-electron chi connectivity index (χ2n) is 4.66. The summed E-state index contributed by atoms with van der Waals surface area (Å²) in [6, 6.07) is 8.97. The molecule has 0 saturated carbocycles. The summed E-state index contributed by atoms with van der Waals surface area (Å²) in [5, 5.41) is 12.2. The summed E-state index contributed by atoms with van der Waals surface area (Å²) in [6.45, 7) is 0.199. The first-order valence-corrected chi connectivity index (χ1v) is 6.50. The predicted molar refractivity (Wildman–Crippen MR) is 76.0 cm³/mol. The molecule has 7 nitrogen and oxygen atoms in total. The van der Waals surface area contributed by atoms with E-state index in [1.165, 1.54) is 15.6 Å². The van der Waals surface area contributed by atoms with Gasteiger partial charge in [0.2, 0.25) is 0 Å². The number of benzene rings is 1. The minimum atomic E-state index is -0.283. The molecule has 21 heavy (non-hydrogen) atoms. The van der Waals surface area contributed by atoms with Gasteiger partial charge in [-0.15, -0.1) is 5.10 Å². The lowest BCUT2D eigenvalue weighted by Gasteiger charge is -2.03. The third kappa shape index (κ3) is 2.45. The lowest BCUT2D eigenvalue weighted by Crippen LogP contribution is -2.25. The van der Waals surface area contributed by atoms with Crippen LogP contribution in [0.5, 0.6) is 0 Å². The van der Waals surface area contributed by atoms with E-state index < -0.39 is 0 Å². The number of Topliss-reactive ketones (excluding diaryl/α,β-unsaturated/α-hetero) is 1. The monoisotopic (exact) mass is 283 g/mol. The number of aromatic nitrogens is 5.